The first-order valence-corrected chi connectivity index (χ1v) is 11.2. The number of aromatic amines is 1. The van der Waals surface area contributed by atoms with Crippen LogP contribution in [-0.2, 0) is 17.7 Å². The first kappa shape index (κ1) is 23.0. The van der Waals surface area contributed by atoms with Crippen LogP contribution in [-0.4, -0.2) is 45.3 Å². The molecule has 3 N–H and O–H groups in total. The maximum absolute atomic E-state index is 12.4. The normalized spacial score (nSPS) is 13.2. The van der Waals surface area contributed by atoms with Crippen molar-refractivity contribution in [3.63, 3.8) is 0 Å². The number of esters is 1. The summed E-state index contributed by atoms with van der Waals surface area (Å²) in [4.78, 5) is 19.7. The van der Waals surface area contributed by atoms with Gasteiger partial charge < -0.3 is 24.7 Å². The Kier molecular flexibility index (Phi) is 7.13. The standard InChI is InChI=1S/C25H27ClN4O3/c1-16(29-14-23(31)18-4-3-5-20(26)12-18)10-17-6-7-21-19(11-17)13-22(25(32)33-2)30(21)15-24-27-8-9-28-24/h3-9,11-13,16,23,29,31H,10,14-15H2,1-2H3,(H,27,28). The zero-order valence-corrected chi connectivity index (χ0v) is 19.3. The largest absolute Gasteiger partial charge is 0.464 e. The van der Waals surface area contributed by atoms with E-state index in [9.17, 15) is 9.90 Å². The molecule has 0 fully saturated rings. The molecule has 0 spiro atoms. The van der Waals surface area contributed by atoms with Crippen LogP contribution in [0.25, 0.3) is 10.9 Å². The van der Waals surface area contributed by atoms with E-state index in [1.165, 1.54) is 7.11 Å². The van der Waals surface area contributed by atoms with Gasteiger partial charge in [-0.15, -0.1) is 0 Å². The monoisotopic (exact) mass is 466 g/mol. The van der Waals surface area contributed by atoms with Gasteiger partial charge in [-0.1, -0.05) is 29.8 Å². The summed E-state index contributed by atoms with van der Waals surface area (Å²) < 4.78 is 6.90. The summed E-state index contributed by atoms with van der Waals surface area (Å²) in [5.41, 5.74) is 3.34. The molecule has 4 rings (SSSR count). The van der Waals surface area contributed by atoms with E-state index in [4.69, 9.17) is 16.3 Å². The summed E-state index contributed by atoms with van der Waals surface area (Å²) in [6, 6.07) is 15.4. The van der Waals surface area contributed by atoms with Gasteiger partial charge in [0.15, 0.2) is 0 Å². The lowest BCUT2D eigenvalue weighted by Gasteiger charge is -2.18. The average molecular weight is 467 g/mol. The highest BCUT2D eigenvalue weighted by atomic mass is 35.5. The molecule has 0 aliphatic carbocycles. The van der Waals surface area contributed by atoms with Gasteiger partial charge in [-0.3, -0.25) is 0 Å². The van der Waals surface area contributed by atoms with Gasteiger partial charge in [-0.25, -0.2) is 9.78 Å². The van der Waals surface area contributed by atoms with Crippen molar-refractivity contribution in [2.75, 3.05) is 13.7 Å². The van der Waals surface area contributed by atoms with Gasteiger partial charge in [-0.2, -0.15) is 0 Å². The van der Waals surface area contributed by atoms with Crippen molar-refractivity contribution < 1.29 is 14.6 Å². The number of methoxy groups -OCH3 is 1. The Bertz CT molecular complexity index is 1240. The molecule has 0 bridgehead atoms. The molecule has 0 aliphatic rings. The van der Waals surface area contributed by atoms with E-state index >= 15 is 0 Å². The van der Waals surface area contributed by atoms with E-state index in [1.807, 2.05) is 28.8 Å². The van der Waals surface area contributed by atoms with Crippen LogP contribution in [0.5, 0.6) is 0 Å². The third-order valence-electron chi connectivity index (χ3n) is 5.66. The van der Waals surface area contributed by atoms with Crippen LogP contribution in [0.1, 0.15) is 40.5 Å². The van der Waals surface area contributed by atoms with Crippen molar-refractivity contribution in [1.29, 1.82) is 0 Å². The average Bonchev–Trinajstić information content (AvgIpc) is 3.45. The molecule has 4 aromatic rings. The molecule has 0 saturated heterocycles. The fourth-order valence-electron chi connectivity index (χ4n) is 4.00. The number of H-pyrrole nitrogens is 1. The van der Waals surface area contributed by atoms with Crippen molar-refractivity contribution in [3.8, 4) is 0 Å². The number of carbonyl (C=O) groups is 1. The second-order valence-electron chi connectivity index (χ2n) is 8.12. The number of halogens is 1. The fourth-order valence-corrected chi connectivity index (χ4v) is 4.19. The number of rotatable bonds is 9. The topological polar surface area (TPSA) is 92.2 Å². The predicted octanol–water partition coefficient (Wildman–Crippen LogP) is 4.11. The number of aromatic nitrogens is 3. The molecule has 0 aliphatic heterocycles. The minimum Gasteiger partial charge on any atom is -0.464 e. The third-order valence-corrected chi connectivity index (χ3v) is 5.89. The Morgan fingerprint density at radius 3 is 2.85 bits per heavy atom. The number of ether oxygens (including phenoxy) is 1. The van der Waals surface area contributed by atoms with Crippen LogP contribution in [0.4, 0.5) is 0 Å². The van der Waals surface area contributed by atoms with Crippen LogP contribution < -0.4 is 5.32 Å². The van der Waals surface area contributed by atoms with Crippen LogP contribution in [0, 0.1) is 0 Å². The van der Waals surface area contributed by atoms with E-state index in [-0.39, 0.29) is 12.0 Å². The molecule has 2 unspecified atom stereocenters. The molecule has 33 heavy (non-hydrogen) atoms. The number of hydrogen-bond donors (Lipinski definition) is 3. The Morgan fingerprint density at radius 2 is 2.12 bits per heavy atom. The van der Waals surface area contributed by atoms with Crippen molar-refractivity contribution in [2.45, 2.75) is 32.0 Å². The lowest BCUT2D eigenvalue weighted by atomic mass is 10.0. The highest BCUT2D eigenvalue weighted by Gasteiger charge is 2.18. The first-order chi connectivity index (χ1) is 15.9. The van der Waals surface area contributed by atoms with Gasteiger partial charge in [0.1, 0.15) is 11.5 Å². The molecule has 2 atom stereocenters. The van der Waals surface area contributed by atoms with Crippen LogP contribution in [0.15, 0.2) is 60.9 Å². The van der Waals surface area contributed by atoms with Crippen LogP contribution >= 0.6 is 11.6 Å². The third kappa shape index (κ3) is 5.45. The Morgan fingerprint density at radius 1 is 1.27 bits per heavy atom. The second kappa shape index (κ2) is 10.2. The van der Waals surface area contributed by atoms with Crippen molar-refractivity contribution in [3.05, 3.63) is 88.6 Å². The number of imidazole rings is 1. The number of fused-ring (bicyclic) bond motifs is 1. The summed E-state index contributed by atoms with van der Waals surface area (Å²) >= 11 is 6.02. The molecule has 172 valence electrons. The summed E-state index contributed by atoms with van der Waals surface area (Å²) in [7, 11) is 1.38. The Balaban J connectivity index is 1.47. The van der Waals surface area contributed by atoms with Gasteiger partial charge in [-0.05, 0) is 54.8 Å². The number of aliphatic hydroxyl groups is 1. The minimum atomic E-state index is -0.633. The molecule has 2 aromatic heterocycles. The molecule has 8 heteroatoms. The van der Waals surface area contributed by atoms with Gasteiger partial charge >= 0.3 is 5.97 Å². The van der Waals surface area contributed by atoms with Crippen molar-refractivity contribution in [1.82, 2.24) is 19.9 Å². The van der Waals surface area contributed by atoms with Crippen LogP contribution in [0.2, 0.25) is 5.02 Å². The fraction of sp³-hybridized carbons (Fsp3) is 0.280. The van der Waals surface area contributed by atoms with E-state index < -0.39 is 6.10 Å². The maximum Gasteiger partial charge on any atom is 0.354 e. The molecule has 0 saturated carbocycles. The van der Waals surface area contributed by atoms with Crippen molar-refractivity contribution in [2.24, 2.45) is 0 Å². The Labute approximate surface area is 197 Å². The lowest BCUT2D eigenvalue weighted by Crippen LogP contribution is -2.32. The number of hydrogen-bond acceptors (Lipinski definition) is 5. The van der Waals surface area contributed by atoms with E-state index in [0.717, 1.165) is 34.3 Å². The van der Waals surface area contributed by atoms with E-state index in [2.05, 4.69) is 34.3 Å². The van der Waals surface area contributed by atoms with Gasteiger partial charge in [0.2, 0.25) is 0 Å². The number of aliphatic hydroxyl groups excluding tert-OH is 1. The lowest BCUT2D eigenvalue weighted by molar-refractivity contribution is 0.0589. The Hall–Kier alpha value is -3.13. The predicted molar refractivity (Wildman–Crippen MR) is 129 cm³/mol. The van der Waals surface area contributed by atoms with Gasteiger partial charge in [0.05, 0.1) is 19.8 Å². The van der Waals surface area contributed by atoms with Gasteiger partial charge in [0.25, 0.3) is 0 Å². The zero-order chi connectivity index (χ0) is 23.4. The molecular weight excluding hydrogens is 440 g/mol. The summed E-state index contributed by atoms with van der Waals surface area (Å²) in [5, 5.41) is 15.4. The maximum atomic E-state index is 12.4. The van der Waals surface area contributed by atoms with Crippen molar-refractivity contribution >= 4 is 28.5 Å². The highest BCUT2D eigenvalue weighted by Crippen LogP contribution is 2.24. The minimum absolute atomic E-state index is 0.140. The zero-order valence-electron chi connectivity index (χ0n) is 18.6. The molecule has 2 heterocycles. The summed E-state index contributed by atoms with van der Waals surface area (Å²) in [6.45, 7) is 2.95. The highest BCUT2D eigenvalue weighted by molar-refractivity contribution is 6.30. The summed E-state index contributed by atoms with van der Waals surface area (Å²) in [6.07, 6.45) is 3.59. The number of carbonyl (C=O) groups excluding carboxylic acids is 1. The van der Waals surface area contributed by atoms with E-state index in [0.29, 0.717) is 23.8 Å². The molecular formula is C25H27ClN4O3. The molecule has 0 amide bonds. The number of benzene rings is 2. The second-order valence-corrected chi connectivity index (χ2v) is 8.56. The van der Waals surface area contributed by atoms with Crippen LogP contribution in [0.3, 0.4) is 0 Å². The summed E-state index contributed by atoms with van der Waals surface area (Å²) in [5.74, 6) is 0.377. The quantitative estimate of drug-likeness (QED) is 0.323. The first-order valence-electron chi connectivity index (χ1n) is 10.8. The number of nitrogens with one attached hydrogen (secondary N) is 2. The van der Waals surface area contributed by atoms with Gasteiger partial charge in [0, 0.05) is 40.9 Å². The smallest absolute Gasteiger partial charge is 0.354 e. The molecule has 0 radical (unpaired) electrons. The number of nitrogens with zero attached hydrogens (tertiary/aromatic N) is 2. The molecule has 2 aromatic carbocycles. The SMILES string of the molecule is COC(=O)c1cc2cc(CC(C)NCC(O)c3cccc(Cl)c3)ccc2n1Cc1ncc[nH]1. The van der Waals surface area contributed by atoms with E-state index in [1.54, 1.807) is 24.5 Å². The molecule has 7 nitrogen and oxygen atoms in total.